The Morgan fingerprint density at radius 2 is 2.12 bits per heavy atom. The molecule has 3 atom stereocenters. The van der Waals surface area contributed by atoms with Crippen LogP contribution in [0.5, 0.6) is 0 Å². The van der Waals surface area contributed by atoms with Gasteiger partial charge in [0.25, 0.3) is 0 Å². The lowest BCUT2D eigenvalue weighted by molar-refractivity contribution is 0.196. The fraction of sp³-hybridized carbons (Fsp3) is 0.600. The maximum Gasteiger partial charge on any atom is 0.0326 e. The van der Waals surface area contributed by atoms with Crippen LogP contribution >= 0.6 is 22.6 Å². The molecule has 2 heteroatoms. The summed E-state index contributed by atoms with van der Waals surface area (Å²) in [5, 5.41) is 0. The molecule has 0 radical (unpaired) electrons. The Kier molecular flexibility index (Phi) is 4.86. The van der Waals surface area contributed by atoms with E-state index < -0.39 is 0 Å². The van der Waals surface area contributed by atoms with Gasteiger partial charge in [-0.2, -0.15) is 0 Å². The molecule has 0 aromatic heterocycles. The zero-order valence-corrected chi connectivity index (χ0v) is 12.7. The van der Waals surface area contributed by atoms with Crippen molar-refractivity contribution in [2.45, 2.75) is 45.1 Å². The molecular formula is C15H22IN. The summed E-state index contributed by atoms with van der Waals surface area (Å²) < 4.78 is 1.29. The third-order valence-corrected chi connectivity index (χ3v) is 4.86. The fourth-order valence-corrected chi connectivity index (χ4v) is 3.74. The molecule has 1 aromatic carbocycles. The highest BCUT2D eigenvalue weighted by molar-refractivity contribution is 14.1. The fourth-order valence-electron chi connectivity index (χ4n) is 3.18. The van der Waals surface area contributed by atoms with E-state index in [0.29, 0.717) is 5.92 Å². The van der Waals surface area contributed by atoms with Crippen LogP contribution in [0.15, 0.2) is 24.3 Å². The SMILES string of the molecule is CCC1CCCCC1C(N)c1cccc(I)c1. The molecule has 2 rings (SSSR count). The minimum atomic E-state index is 0.231. The highest BCUT2D eigenvalue weighted by atomic mass is 127. The first-order chi connectivity index (χ1) is 8.22. The number of benzene rings is 1. The molecule has 0 spiro atoms. The zero-order chi connectivity index (χ0) is 12.3. The summed E-state index contributed by atoms with van der Waals surface area (Å²) in [5.41, 5.74) is 7.82. The first-order valence-electron chi connectivity index (χ1n) is 6.73. The summed E-state index contributed by atoms with van der Waals surface area (Å²) in [6.45, 7) is 2.31. The van der Waals surface area contributed by atoms with Crippen molar-refractivity contribution in [2.24, 2.45) is 17.6 Å². The van der Waals surface area contributed by atoms with Crippen LogP contribution in [0.1, 0.15) is 50.6 Å². The lowest BCUT2D eigenvalue weighted by Crippen LogP contribution is -2.30. The van der Waals surface area contributed by atoms with Crippen molar-refractivity contribution in [3.8, 4) is 0 Å². The van der Waals surface area contributed by atoms with Gasteiger partial charge in [0, 0.05) is 9.61 Å². The van der Waals surface area contributed by atoms with Crippen molar-refractivity contribution in [3.63, 3.8) is 0 Å². The van der Waals surface area contributed by atoms with Gasteiger partial charge in [0.05, 0.1) is 0 Å². The van der Waals surface area contributed by atoms with E-state index in [0.717, 1.165) is 5.92 Å². The Bertz CT molecular complexity index is 364. The van der Waals surface area contributed by atoms with Gasteiger partial charge in [0.1, 0.15) is 0 Å². The minimum absolute atomic E-state index is 0.231. The lowest BCUT2D eigenvalue weighted by atomic mass is 9.73. The van der Waals surface area contributed by atoms with Crippen molar-refractivity contribution < 1.29 is 0 Å². The van der Waals surface area contributed by atoms with Crippen LogP contribution in [0.3, 0.4) is 0 Å². The average Bonchev–Trinajstić information content (AvgIpc) is 2.38. The van der Waals surface area contributed by atoms with E-state index in [1.54, 1.807) is 0 Å². The molecular weight excluding hydrogens is 321 g/mol. The van der Waals surface area contributed by atoms with Gasteiger partial charge in [-0.15, -0.1) is 0 Å². The van der Waals surface area contributed by atoms with Gasteiger partial charge in [-0.3, -0.25) is 0 Å². The van der Waals surface area contributed by atoms with Crippen molar-refractivity contribution >= 4 is 22.6 Å². The topological polar surface area (TPSA) is 26.0 Å². The Balaban J connectivity index is 2.15. The highest BCUT2D eigenvalue weighted by Gasteiger charge is 2.29. The maximum atomic E-state index is 6.50. The second-order valence-electron chi connectivity index (χ2n) is 5.20. The van der Waals surface area contributed by atoms with Gasteiger partial charge in [-0.05, 0) is 58.5 Å². The molecule has 3 unspecified atom stereocenters. The predicted octanol–water partition coefficient (Wildman–Crippen LogP) is 4.51. The molecule has 0 heterocycles. The van der Waals surface area contributed by atoms with E-state index in [-0.39, 0.29) is 6.04 Å². The molecule has 1 nitrogen and oxygen atoms in total. The van der Waals surface area contributed by atoms with Crippen LogP contribution in [0.2, 0.25) is 0 Å². The molecule has 1 fully saturated rings. The van der Waals surface area contributed by atoms with Crippen LogP contribution < -0.4 is 5.73 Å². The predicted molar refractivity (Wildman–Crippen MR) is 81.8 cm³/mol. The molecule has 94 valence electrons. The van der Waals surface area contributed by atoms with Crippen LogP contribution in [-0.4, -0.2) is 0 Å². The van der Waals surface area contributed by atoms with Gasteiger partial charge in [-0.1, -0.05) is 44.7 Å². The molecule has 1 saturated carbocycles. The summed E-state index contributed by atoms with van der Waals surface area (Å²) >= 11 is 2.37. The van der Waals surface area contributed by atoms with E-state index in [2.05, 4.69) is 53.8 Å². The Labute approximate surface area is 118 Å². The van der Waals surface area contributed by atoms with Crippen LogP contribution in [-0.2, 0) is 0 Å². The van der Waals surface area contributed by atoms with Crippen molar-refractivity contribution in [2.75, 3.05) is 0 Å². The summed E-state index contributed by atoms with van der Waals surface area (Å²) in [7, 11) is 0. The van der Waals surface area contributed by atoms with E-state index in [4.69, 9.17) is 5.73 Å². The van der Waals surface area contributed by atoms with E-state index in [9.17, 15) is 0 Å². The molecule has 0 aliphatic heterocycles. The Hall–Kier alpha value is -0.0900. The summed E-state index contributed by atoms with van der Waals surface area (Å²) in [5.74, 6) is 1.52. The van der Waals surface area contributed by atoms with Gasteiger partial charge in [-0.25, -0.2) is 0 Å². The molecule has 1 aliphatic rings. The summed E-state index contributed by atoms with van der Waals surface area (Å²) in [6.07, 6.45) is 6.72. The number of halogens is 1. The van der Waals surface area contributed by atoms with E-state index in [1.807, 2.05) is 0 Å². The van der Waals surface area contributed by atoms with E-state index in [1.165, 1.54) is 41.2 Å². The lowest BCUT2D eigenvalue weighted by Gasteiger charge is -2.35. The van der Waals surface area contributed by atoms with Gasteiger partial charge in [0.15, 0.2) is 0 Å². The third-order valence-electron chi connectivity index (χ3n) is 4.19. The molecule has 0 saturated heterocycles. The van der Waals surface area contributed by atoms with Crippen molar-refractivity contribution in [1.82, 2.24) is 0 Å². The molecule has 1 aliphatic carbocycles. The second kappa shape index (κ2) is 6.19. The summed E-state index contributed by atoms with van der Waals surface area (Å²) in [4.78, 5) is 0. The molecule has 1 aromatic rings. The monoisotopic (exact) mass is 343 g/mol. The zero-order valence-electron chi connectivity index (χ0n) is 10.5. The highest BCUT2D eigenvalue weighted by Crippen LogP contribution is 2.39. The summed E-state index contributed by atoms with van der Waals surface area (Å²) in [6, 6.07) is 8.92. The number of nitrogens with two attached hydrogens (primary N) is 1. The quantitative estimate of drug-likeness (QED) is 0.803. The van der Waals surface area contributed by atoms with Crippen LogP contribution in [0, 0.1) is 15.4 Å². The molecule has 17 heavy (non-hydrogen) atoms. The van der Waals surface area contributed by atoms with Crippen LogP contribution in [0.25, 0.3) is 0 Å². The molecule has 0 bridgehead atoms. The van der Waals surface area contributed by atoms with Gasteiger partial charge >= 0.3 is 0 Å². The largest absolute Gasteiger partial charge is 0.324 e. The standard InChI is InChI=1S/C15H22IN/c1-2-11-6-3-4-9-14(11)15(17)12-7-5-8-13(16)10-12/h5,7-8,10-11,14-15H,2-4,6,9,17H2,1H3. The van der Waals surface area contributed by atoms with E-state index >= 15 is 0 Å². The molecule has 2 N–H and O–H groups in total. The Morgan fingerprint density at radius 3 is 2.82 bits per heavy atom. The maximum absolute atomic E-state index is 6.50. The smallest absolute Gasteiger partial charge is 0.0326 e. The van der Waals surface area contributed by atoms with Crippen LogP contribution in [0.4, 0.5) is 0 Å². The number of rotatable bonds is 3. The molecule has 0 amide bonds. The Morgan fingerprint density at radius 1 is 1.35 bits per heavy atom. The average molecular weight is 343 g/mol. The number of hydrogen-bond donors (Lipinski definition) is 1. The first kappa shape index (κ1) is 13.3. The normalized spacial score (nSPS) is 26.8. The van der Waals surface area contributed by atoms with Crippen molar-refractivity contribution in [1.29, 1.82) is 0 Å². The van der Waals surface area contributed by atoms with Crippen molar-refractivity contribution in [3.05, 3.63) is 33.4 Å². The second-order valence-corrected chi connectivity index (χ2v) is 6.44. The number of hydrogen-bond acceptors (Lipinski definition) is 1. The third kappa shape index (κ3) is 3.22. The van der Waals surface area contributed by atoms with Gasteiger partial charge in [0.2, 0.25) is 0 Å². The first-order valence-corrected chi connectivity index (χ1v) is 7.81. The van der Waals surface area contributed by atoms with Gasteiger partial charge < -0.3 is 5.73 Å². The minimum Gasteiger partial charge on any atom is -0.324 e.